The zero-order valence-electron chi connectivity index (χ0n) is 12.9. The summed E-state index contributed by atoms with van der Waals surface area (Å²) in [6.07, 6.45) is 2.54. The molecule has 0 aromatic carbocycles. The zero-order valence-corrected chi connectivity index (χ0v) is 12.9. The molecule has 0 radical (unpaired) electrons. The van der Waals surface area contributed by atoms with Gasteiger partial charge in [-0.25, -0.2) is 0 Å². The van der Waals surface area contributed by atoms with Gasteiger partial charge >= 0.3 is 0 Å². The van der Waals surface area contributed by atoms with Gasteiger partial charge in [0, 0.05) is 37.8 Å². The van der Waals surface area contributed by atoms with Gasteiger partial charge in [0.25, 0.3) is 0 Å². The van der Waals surface area contributed by atoms with E-state index >= 15 is 0 Å². The van der Waals surface area contributed by atoms with E-state index in [1.807, 2.05) is 0 Å². The minimum absolute atomic E-state index is 0.0718. The Hall–Kier alpha value is -0.160. The molecular weight excluding hydrogens is 240 g/mol. The van der Waals surface area contributed by atoms with Crippen molar-refractivity contribution in [2.24, 2.45) is 17.1 Å². The van der Waals surface area contributed by atoms with Crippen LogP contribution in [-0.2, 0) is 9.47 Å². The van der Waals surface area contributed by atoms with Gasteiger partial charge in [0.1, 0.15) is 0 Å². The number of nitrogens with zero attached hydrogens (tertiary/aromatic N) is 1. The Bertz CT molecular complexity index is 309. The molecular formula is C15H30N2O2. The topological polar surface area (TPSA) is 47.7 Å². The number of rotatable bonds is 6. The third-order valence-corrected chi connectivity index (χ3v) is 5.28. The van der Waals surface area contributed by atoms with Crippen molar-refractivity contribution >= 4 is 0 Å². The molecule has 1 saturated carbocycles. The van der Waals surface area contributed by atoms with Crippen LogP contribution in [0.5, 0.6) is 0 Å². The number of nitrogens with two attached hydrogens (primary N) is 1. The minimum atomic E-state index is -0.102. The third-order valence-electron chi connectivity index (χ3n) is 5.28. The van der Waals surface area contributed by atoms with Crippen molar-refractivity contribution in [2.45, 2.75) is 45.3 Å². The van der Waals surface area contributed by atoms with Gasteiger partial charge in [-0.05, 0) is 32.2 Å². The SMILES string of the molecule is CCOC1CC(N)(CN2CCC(COC)C2)C1(C)C. The lowest BCUT2D eigenvalue weighted by atomic mass is 9.54. The Labute approximate surface area is 117 Å². The Kier molecular flexibility index (Phi) is 4.56. The molecule has 4 nitrogen and oxygen atoms in total. The highest BCUT2D eigenvalue weighted by Crippen LogP contribution is 2.50. The van der Waals surface area contributed by atoms with Gasteiger partial charge < -0.3 is 20.1 Å². The standard InChI is InChI=1S/C15H30N2O2/c1-5-19-13-8-15(16,14(13,2)3)11-17-7-6-12(9-17)10-18-4/h12-13H,5-11,16H2,1-4H3. The van der Waals surface area contributed by atoms with Gasteiger partial charge in [0.2, 0.25) is 0 Å². The van der Waals surface area contributed by atoms with E-state index in [9.17, 15) is 0 Å². The van der Waals surface area contributed by atoms with Crippen LogP contribution in [0.25, 0.3) is 0 Å². The molecule has 2 aliphatic rings. The molecule has 1 saturated heterocycles. The molecule has 0 aromatic rings. The highest BCUT2D eigenvalue weighted by molar-refractivity contribution is 5.15. The van der Waals surface area contributed by atoms with Gasteiger partial charge in [-0.15, -0.1) is 0 Å². The fourth-order valence-electron chi connectivity index (χ4n) is 3.60. The van der Waals surface area contributed by atoms with Crippen LogP contribution in [0.2, 0.25) is 0 Å². The summed E-state index contributed by atoms with van der Waals surface area (Å²) in [5, 5.41) is 0. The average molecular weight is 270 g/mol. The third kappa shape index (κ3) is 2.82. The zero-order chi connectivity index (χ0) is 14.1. The maximum Gasteiger partial charge on any atom is 0.0662 e. The molecule has 0 spiro atoms. The Balaban J connectivity index is 1.86. The molecule has 1 heterocycles. The van der Waals surface area contributed by atoms with E-state index in [1.165, 1.54) is 6.42 Å². The summed E-state index contributed by atoms with van der Waals surface area (Å²) >= 11 is 0. The van der Waals surface area contributed by atoms with E-state index in [0.717, 1.165) is 39.3 Å². The number of ether oxygens (including phenoxy) is 2. The maximum absolute atomic E-state index is 6.65. The first kappa shape index (κ1) is 15.2. The largest absolute Gasteiger partial charge is 0.384 e. The summed E-state index contributed by atoms with van der Waals surface area (Å²) in [5.41, 5.74) is 6.62. The van der Waals surface area contributed by atoms with E-state index in [1.54, 1.807) is 7.11 Å². The molecule has 3 unspecified atom stereocenters. The molecule has 2 fully saturated rings. The van der Waals surface area contributed by atoms with Gasteiger partial charge in [0.15, 0.2) is 0 Å². The summed E-state index contributed by atoms with van der Waals surface area (Å²) in [6, 6.07) is 0. The monoisotopic (exact) mass is 270 g/mol. The first-order chi connectivity index (χ1) is 8.93. The first-order valence-electron chi connectivity index (χ1n) is 7.54. The normalized spacial score (nSPS) is 38.4. The van der Waals surface area contributed by atoms with Crippen LogP contribution in [0.1, 0.15) is 33.6 Å². The molecule has 2 rings (SSSR count). The van der Waals surface area contributed by atoms with Gasteiger partial charge in [-0.3, -0.25) is 0 Å². The van der Waals surface area contributed by atoms with Crippen molar-refractivity contribution in [2.75, 3.05) is 40.0 Å². The number of hydrogen-bond acceptors (Lipinski definition) is 4. The van der Waals surface area contributed by atoms with Crippen LogP contribution in [-0.4, -0.2) is 56.5 Å². The molecule has 0 bridgehead atoms. The van der Waals surface area contributed by atoms with Crippen LogP contribution >= 0.6 is 0 Å². The van der Waals surface area contributed by atoms with Crippen LogP contribution in [0, 0.1) is 11.3 Å². The summed E-state index contributed by atoms with van der Waals surface area (Å²) in [5.74, 6) is 0.680. The van der Waals surface area contributed by atoms with Gasteiger partial charge in [0.05, 0.1) is 12.7 Å². The minimum Gasteiger partial charge on any atom is -0.384 e. The summed E-state index contributed by atoms with van der Waals surface area (Å²) in [7, 11) is 1.79. The molecule has 0 amide bonds. The Morgan fingerprint density at radius 1 is 1.37 bits per heavy atom. The van der Waals surface area contributed by atoms with Crippen molar-refractivity contribution in [3.05, 3.63) is 0 Å². The van der Waals surface area contributed by atoms with Crippen molar-refractivity contribution in [1.29, 1.82) is 0 Å². The van der Waals surface area contributed by atoms with E-state index in [-0.39, 0.29) is 11.0 Å². The lowest BCUT2D eigenvalue weighted by Crippen LogP contribution is -2.73. The highest BCUT2D eigenvalue weighted by atomic mass is 16.5. The predicted molar refractivity (Wildman–Crippen MR) is 77.2 cm³/mol. The second-order valence-electron chi connectivity index (χ2n) is 6.87. The maximum atomic E-state index is 6.65. The quantitative estimate of drug-likeness (QED) is 0.794. The van der Waals surface area contributed by atoms with Crippen molar-refractivity contribution in [1.82, 2.24) is 4.90 Å². The molecule has 112 valence electrons. The lowest BCUT2D eigenvalue weighted by molar-refractivity contribution is -0.155. The van der Waals surface area contributed by atoms with Crippen molar-refractivity contribution in [3.8, 4) is 0 Å². The van der Waals surface area contributed by atoms with Crippen LogP contribution < -0.4 is 5.73 Å². The summed E-state index contributed by atoms with van der Waals surface area (Å²) < 4.78 is 11.1. The van der Waals surface area contributed by atoms with Gasteiger partial charge in [-0.2, -0.15) is 0 Å². The Morgan fingerprint density at radius 2 is 2.11 bits per heavy atom. The number of methoxy groups -OCH3 is 1. The highest BCUT2D eigenvalue weighted by Gasteiger charge is 2.58. The lowest BCUT2D eigenvalue weighted by Gasteiger charge is -2.60. The molecule has 4 heteroatoms. The summed E-state index contributed by atoms with van der Waals surface area (Å²) in [4.78, 5) is 2.51. The van der Waals surface area contributed by atoms with Crippen LogP contribution in [0.3, 0.4) is 0 Å². The van der Waals surface area contributed by atoms with Crippen LogP contribution in [0.15, 0.2) is 0 Å². The average Bonchev–Trinajstić information content (AvgIpc) is 2.77. The van der Waals surface area contributed by atoms with Crippen molar-refractivity contribution < 1.29 is 9.47 Å². The second kappa shape index (κ2) is 5.68. The fourth-order valence-corrected chi connectivity index (χ4v) is 3.60. The molecule has 3 atom stereocenters. The van der Waals surface area contributed by atoms with Crippen molar-refractivity contribution in [3.63, 3.8) is 0 Å². The number of likely N-dealkylation sites (tertiary alicyclic amines) is 1. The van der Waals surface area contributed by atoms with E-state index in [2.05, 4.69) is 25.7 Å². The van der Waals surface area contributed by atoms with E-state index in [0.29, 0.717) is 12.0 Å². The van der Waals surface area contributed by atoms with Gasteiger partial charge in [-0.1, -0.05) is 13.8 Å². The Morgan fingerprint density at radius 3 is 2.68 bits per heavy atom. The fraction of sp³-hybridized carbons (Fsp3) is 1.00. The smallest absolute Gasteiger partial charge is 0.0662 e. The molecule has 1 aliphatic heterocycles. The molecule has 0 aromatic heterocycles. The number of hydrogen-bond donors (Lipinski definition) is 1. The molecule has 19 heavy (non-hydrogen) atoms. The predicted octanol–water partition coefficient (Wildman–Crippen LogP) is 1.49. The molecule has 1 aliphatic carbocycles. The first-order valence-corrected chi connectivity index (χ1v) is 7.54. The summed E-state index contributed by atoms with van der Waals surface area (Å²) in [6.45, 7) is 11.5. The van der Waals surface area contributed by atoms with E-state index in [4.69, 9.17) is 15.2 Å². The molecule has 2 N–H and O–H groups in total. The van der Waals surface area contributed by atoms with Crippen LogP contribution in [0.4, 0.5) is 0 Å². The second-order valence-corrected chi connectivity index (χ2v) is 6.87. The van der Waals surface area contributed by atoms with E-state index < -0.39 is 0 Å².